The van der Waals surface area contributed by atoms with Gasteiger partial charge in [-0.2, -0.15) is 0 Å². The molecule has 92 valence electrons. The molecule has 1 aromatic heterocycles. The highest BCUT2D eigenvalue weighted by Gasteiger charge is 2.40. The minimum atomic E-state index is 0.202. The maximum absolute atomic E-state index is 12.5. The van der Waals surface area contributed by atoms with Crippen molar-refractivity contribution in [2.24, 2.45) is 5.92 Å². The second kappa shape index (κ2) is 4.18. The Morgan fingerprint density at radius 2 is 2.41 bits per heavy atom. The van der Waals surface area contributed by atoms with Gasteiger partial charge < -0.3 is 14.8 Å². The van der Waals surface area contributed by atoms with E-state index in [-0.39, 0.29) is 5.91 Å². The molecule has 2 fully saturated rings. The van der Waals surface area contributed by atoms with Gasteiger partial charge in [-0.25, -0.2) is 0 Å². The zero-order valence-corrected chi connectivity index (χ0v) is 10.2. The number of rotatable bonds is 2. The molecule has 0 aliphatic carbocycles. The van der Waals surface area contributed by atoms with E-state index in [9.17, 15) is 4.79 Å². The van der Waals surface area contributed by atoms with Crippen LogP contribution in [0.4, 0.5) is 0 Å². The molecule has 0 unspecified atom stereocenters. The summed E-state index contributed by atoms with van der Waals surface area (Å²) in [5, 5.41) is 3.38. The predicted octanol–water partition coefficient (Wildman–Crippen LogP) is 0.942. The van der Waals surface area contributed by atoms with Crippen LogP contribution in [0.5, 0.6) is 0 Å². The van der Waals surface area contributed by atoms with E-state index in [1.165, 1.54) is 0 Å². The minimum absolute atomic E-state index is 0.202. The lowest BCUT2D eigenvalue weighted by atomic mass is 10.1. The zero-order valence-electron chi connectivity index (χ0n) is 10.2. The molecule has 2 saturated heterocycles. The number of hydrogen-bond acceptors (Lipinski definition) is 2. The molecule has 0 bridgehead atoms. The molecule has 2 atom stereocenters. The molecule has 2 aliphatic heterocycles. The zero-order chi connectivity index (χ0) is 11.8. The van der Waals surface area contributed by atoms with Crippen LogP contribution in [0.1, 0.15) is 23.8 Å². The molecule has 0 spiro atoms. The first-order valence-corrected chi connectivity index (χ1v) is 6.48. The van der Waals surface area contributed by atoms with Crippen LogP contribution in [0, 0.1) is 5.92 Å². The van der Waals surface area contributed by atoms with Crippen LogP contribution in [-0.4, -0.2) is 41.1 Å². The van der Waals surface area contributed by atoms with Gasteiger partial charge in [-0.15, -0.1) is 0 Å². The fraction of sp³-hybridized carbons (Fsp3) is 0.615. The van der Waals surface area contributed by atoms with Crippen LogP contribution >= 0.6 is 0 Å². The van der Waals surface area contributed by atoms with Crippen LogP contribution in [0.2, 0.25) is 0 Å². The van der Waals surface area contributed by atoms with Crippen molar-refractivity contribution in [2.75, 3.05) is 19.6 Å². The normalized spacial score (nSPS) is 27.5. The Balaban J connectivity index is 1.83. The molecule has 0 saturated carbocycles. The van der Waals surface area contributed by atoms with Crippen molar-refractivity contribution >= 4 is 5.91 Å². The molecule has 4 heteroatoms. The molecular formula is C13H19N3O. The number of hydrogen-bond donors (Lipinski definition) is 1. The number of fused-ring (bicyclic) bond motifs is 1. The minimum Gasteiger partial charge on any atom is -0.344 e. The number of amides is 1. The highest BCUT2D eigenvalue weighted by atomic mass is 16.2. The van der Waals surface area contributed by atoms with Gasteiger partial charge in [0.2, 0.25) is 0 Å². The van der Waals surface area contributed by atoms with E-state index >= 15 is 0 Å². The molecule has 0 aromatic carbocycles. The number of nitrogens with zero attached hydrogens (tertiary/aromatic N) is 2. The average Bonchev–Trinajstić information content (AvgIpc) is 3.03. The summed E-state index contributed by atoms with van der Waals surface area (Å²) in [6.45, 7) is 5.88. The van der Waals surface area contributed by atoms with Crippen molar-refractivity contribution < 1.29 is 4.79 Å². The van der Waals surface area contributed by atoms with E-state index in [1.807, 2.05) is 22.9 Å². The summed E-state index contributed by atoms with van der Waals surface area (Å²) in [6.07, 6.45) is 3.13. The molecule has 3 rings (SSSR count). The SMILES string of the molecule is CCn1cccc1C(=O)N1CC[C@H]2CNC[C@H]21. The maximum Gasteiger partial charge on any atom is 0.270 e. The van der Waals surface area contributed by atoms with Crippen LogP contribution in [0.15, 0.2) is 18.3 Å². The number of aryl methyl sites for hydroxylation is 1. The van der Waals surface area contributed by atoms with Crippen molar-refractivity contribution in [3.05, 3.63) is 24.0 Å². The Hall–Kier alpha value is -1.29. The van der Waals surface area contributed by atoms with Gasteiger partial charge in [0.1, 0.15) is 5.69 Å². The molecule has 1 N–H and O–H groups in total. The molecule has 1 amide bonds. The van der Waals surface area contributed by atoms with E-state index in [0.717, 1.165) is 38.3 Å². The lowest BCUT2D eigenvalue weighted by Crippen LogP contribution is -2.39. The lowest BCUT2D eigenvalue weighted by molar-refractivity contribution is 0.0726. The molecule has 3 heterocycles. The van der Waals surface area contributed by atoms with E-state index < -0.39 is 0 Å². The standard InChI is InChI=1S/C13H19N3O/c1-2-15-6-3-4-11(15)13(17)16-7-5-10-8-14-9-12(10)16/h3-4,6,10,12,14H,2,5,7-9H2,1H3/t10-,12+/m0/s1. The summed E-state index contributed by atoms with van der Waals surface area (Å²) in [5.41, 5.74) is 0.833. The number of carbonyl (C=O) groups excluding carboxylic acids is 1. The summed E-state index contributed by atoms with van der Waals surface area (Å²) < 4.78 is 2.03. The topological polar surface area (TPSA) is 37.3 Å². The molecular weight excluding hydrogens is 214 g/mol. The largest absolute Gasteiger partial charge is 0.344 e. The van der Waals surface area contributed by atoms with Crippen molar-refractivity contribution in [1.29, 1.82) is 0 Å². The van der Waals surface area contributed by atoms with Gasteiger partial charge in [-0.3, -0.25) is 4.79 Å². The Kier molecular flexibility index (Phi) is 2.67. The van der Waals surface area contributed by atoms with Gasteiger partial charge in [0.15, 0.2) is 0 Å². The number of carbonyl (C=O) groups is 1. The summed E-state index contributed by atoms with van der Waals surface area (Å²) in [5.74, 6) is 0.872. The van der Waals surface area contributed by atoms with Crippen LogP contribution in [-0.2, 0) is 6.54 Å². The van der Waals surface area contributed by atoms with Gasteiger partial charge >= 0.3 is 0 Å². The second-order valence-electron chi connectivity index (χ2n) is 4.95. The molecule has 17 heavy (non-hydrogen) atoms. The van der Waals surface area contributed by atoms with Gasteiger partial charge in [0.25, 0.3) is 5.91 Å². The number of likely N-dealkylation sites (tertiary alicyclic amines) is 1. The van der Waals surface area contributed by atoms with Crippen LogP contribution < -0.4 is 5.32 Å². The van der Waals surface area contributed by atoms with Crippen molar-refractivity contribution in [3.8, 4) is 0 Å². The molecule has 4 nitrogen and oxygen atoms in total. The van der Waals surface area contributed by atoms with Crippen LogP contribution in [0.3, 0.4) is 0 Å². The summed E-state index contributed by atoms with van der Waals surface area (Å²) >= 11 is 0. The first-order valence-electron chi connectivity index (χ1n) is 6.48. The first-order chi connectivity index (χ1) is 8.31. The third kappa shape index (κ3) is 1.67. The number of aromatic nitrogens is 1. The third-order valence-corrected chi connectivity index (χ3v) is 4.10. The predicted molar refractivity (Wildman–Crippen MR) is 65.9 cm³/mol. The Morgan fingerprint density at radius 1 is 1.53 bits per heavy atom. The third-order valence-electron chi connectivity index (χ3n) is 4.10. The second-order valence-corrected chi connectivity index (χ2v) is 4.95. The Bertz CT molecular complexity index is 426. The maximum atomic E-state index is 12.5. The summed E-state index contributed by atoms with van der Waals surface area (Å²) in [6, 6.07) is 4.31. The highest BCUT2D eigenvalue weighted by Crippen LogP contribution is 2.28. The summed E-state index contributed by atoms with van der Waals surface area (Å²) in [4.78, 5) is 14.6. The average molecular weight is 233 g/mol. The smallest absolute Gasteiger partial charge is 0.270 e. The van der Waals surface area contributed by atoms with Crippen molar-refractivity contribution in [2.45, 2.75) is 25.9 Å². The monoisotopic (exact) mass is 233 g/mol. The molecule has 2 aliphatic rings. The fourth-order valence-corrected chi connectivity index (χ4v) is 3.13. The van der Waals surface area contributed by atoms with Gasteiger partial charge in [0.05, 0.1) is 0 Å². The van der Waals surface area contributed by atoms with E-state index in [1.54, 1.807) is 0 Å². The molecule has 0 radical (unpaired) electrons. The van der Waals surface area contributed by atoms with Crippen molar-refractivity contribution in [3.63, 3.8) is 0 Å². The van der Waals surface area contributed by atoms with E-state index in [4.69, 9.17) is 0 Å². The Morgan fingerprint density at radius 3 is 3.24 bits per heavy atom. The molecule has 1 aromatic rings. The number of nitrogens with one attached hydrogen (secondary N) is 1. The van der Waals surface area contributed by atoms with E-state index in [0.29, 0.717) is 12.0 Å². The lowest BCUT2D eigenvalue weighted by Gasteiger charge is -2.23. The van der Waals surface area contributed by atoms with Gasteiger partial charge in [0, 0.05) is 38.4 Å². The van der Waals surface area contributed by atoms with E-state index in [2.05, 4.69) is 17.1 Å². The van der Waals surface area contributed by atoms with Gasteiger partial charge in [-0.05, 0) is 31.4 Å². The summed E-state index contributed by atoms with van der Waals surface area (Å²) in [7, 11) is 0. The fourth-order valence-electron chi connectivity index (χ4n) is 3.13. The quantitative estimate of drug-likeness (QED) is 0.825. The highest BCUT2D eigenvalue weighted by molar-refractivity contribution is 5.93. The van der Waals surface area contributed by atoms with Crippen molar-refractivity contribution in [1.82, 2.24) is 14.8 Å². The Labute approximate surface area is 102 Å². The first kappa shape index (κ1) is 10.8. The van der Waals surface area contributed by atoms with Gasteiger partial charge in [-0.1, -0.05) is 0 Å². The van der Waals surface area contributed by atoms with Crippen LogP contribution in [0.25, 0.3) is 0 Å².